The second-order valence-corrected chi connectivity index (χ2v) is 4.97. The highest BCUT2D eigenvalue weighted by Gasteiger charge is 2.18. The molecule has 1 saturated heterocycles. The van der Waals surface area contributed by atoms with E-state index in [1.165, 1.54) is 5.56 Å². The van der Waals surface area contributed by atoms with Crippen LogP contribution in [0.3, 0.4) is 0 Å². The number of amides is 1. The highest BCUT2D eigenvalue weighted by Crippen LogP contribution is 2.17. The average Bonchev–Trinajstić information content (AvgIpc) is 2.65. The number of hydrogen-bond donors (Lipinski definition) is 2. The lowest BCUT2D eigenvalue weighted by molar-refractivity contribution is 0.100. The standard InChI is InChI=1S/C12H16N2OS/c13-12(15)10-3-1-9(2-4-10)7-14-6-5-11(16)8-14/h1-4,11,16H,5-8H2,(H2,13,15). The van der Waals surface area contributed by atoms with Gasteiger partial charge in [-0.1, -0.05) is 12.1 Å². The van der Waals surface area contributed by atoms with Crippen LogP contribution >= 0.6 is 12.6 Å². The minimum atomic E-state index is -0.372. The number of rotatable bonds is 3. The van der Waals surface area contributed by atoms with Crippen LogP contribution in [-0.4, -0.2) is 29.1 Å². The molecule has 0 saturated carbocycles. The number of likely N-dealkylation sites (tertiary alicyclic amines) is 1. The summed E-state index contributed by atoms with van der Waals surface area (Å²) in [4.78, 5) is 13.3. The summed E-state index contributed by atoms with van der Waals surface area (Å²) >= 11 is 4.46. The van der Waals surface area contributed by atoms with Crippen LogP contribution in [0.1, 0.15) is 22.3 Å². The average molecular weight is 236 g/mol. The molecule has 16 heavy (non-hydrogen) atoms. The molecule has 1 aliphatic heterocycles. The normalized spacial score (nSPS) is 21.2. The Morgan fingerprint density at radius 3 is 2.62 bits per heavy atom. The van der Waals surface area contributed by atoms with E-state index in [2.05, 4.69) is 17.5 Å². The predicted octanol–water partition coefficient (Wildman–Crippen LogP) is 1.29. The molecule has 1 aliphatic rings. The maximum Gasteiger partial charge on any atom is 0.248 e. The minimum absolute atomic E-state index is 0.372. The second kappa shape index (κ2) is 4.89. The van der Waals surface area contributed by atoms with E-state index < -0.39 is 0 Å². The first-order valence-electron chi connectivity index (χ1n) is 5.44. The Morgan fingerprint density at radius 1 is 1.44 bits per heavy atom. The van der Waals surface area contributed by atoms with Gasteiger partial charge in [-0.3, -0.25) is 9.69 Å². The predicted molar refractivity (Wildman–Crippen MR) is 67.6 cm³/mol. The first-order chi connectivity index (χ1) is 7.65. The highest BCUT2D eigenvalue weighted by molar-refractivity contribution is 7.81. The number of carbonyl (C=O) groups excluding carboxylic acids is 1. The van der Waals surface area contributed by atoms with Gasteiger partial charge in [-0.2, -0.15) is 12.6 Å². The maximum absolute atomic E-state index is 10.9. The first kappa shape index (κ1) is 11.5. The van der Waals surface area contributed by atoms with Crippen molar-refractivity contribution in [1.82, 2.24) is 4.90 Å². The molecule has 2 rings (SSSR count). The van der Waals surface area contributed by atoms with Gasteiger partial charge in [0.2, 0.25) is 5.91 Å². The smallest absolute Gasteiger partial charge is 0.248 e. The van der Waals surface area contributed by atoms with E-state index in [-0.39, 0.29) is 5.91 Å². The molecule has 1 atom stereocenters. The molecule has 0 aromatic heterocycles. The summed E-state index contributed by atoms with van der Waals surface area (Å²) in [6, 6.07) is 7.50. The third-order valence-electron chi connectivity index (χ3n) is 2.89. The summed E-state index contributed by atoms with van der Waals surface area (Å²) in [5.74, 6) is -0.372. The Kier molecular flexibility index (Phi) is 3.51. The number of primary amides is 1. The second-order valence-electron chi connectivity index (χ2n) is 4.24. The molecular formula is C12H16N2OS. The SMILES string of the molecule is NC(=O)c1ccc(CN2CCC(S)C2)cc1. The molecule has 0 bridgehead atoms. The fourth-order valence-electron chi connectivity index (χ4n) is 1.99. The summed E-state index contributed by atoms with van der Waals surface area (Å²) in [5, 5.41) is 0.505. The molecule has 1 fully saturated rings. The van der Waals surface area contributed by atoms with Crippen molar-refractivity contribution >= 4 is 18.5 Å². The van der Waals surface area contributed by atoms with Crippen LogP contribution in [0.5, 0.6) is 0 Å². The van der Waals surface area contributed by atoms with Crippen LogP contribution in [-0.2, 0) is 6.54 Å². The van der Waals surface area contributed by atoms with Gasteiger partial charge in [0.1, 0.15) is 0 Å². The summed E-state index contributed by atoms with van der Waals surface area (Å²) < 4.78 is 0. The molecule has 1 heterocycles. The van der Waals surface area contributed by atoms with E-state index in [9.17, 15) is 4.79 Å². The maximum atomic E-state index is 10.9. The molecule has 0 aliphatic carbocycles. The Bertz CT molecular complexity index is 377. The molecule has 86 valence electrons. The number of thiol groups is 1. The number of benzene rings is 1. The van der Waals surface area contributed by atoms with Crippen LogP contribution in [0, 0.1) is 0 Å². The van der Waals surface area contributed by atoms with Crippen molar-refractivity contribution in [2.45, 2.75) is 18.2 Å². The molecule has 1 aromatic carbocycles. The van der Waals surface area contributed by atoms with Gasteiger partial charge in [0.15, 0.2) is 0 Å². The highest BCUT2D eigenvalue weighted by atomic mass is 32.1. The number of nitrogens with two attached hydrogens (primary N) is 1. The topological polar surface area (TPSA) is 46.3 Å². The van der Waals surface area contributed by atoms with Gasteiger partial charge < -0.3 is 5.73 Å². The Balaban J connectivity index is 1.97. The zero-order valence-electron chi connectivity index (χ0n) is 9.10. The lowest BCUT2D eigenvalue weighted by Gasteiger charge is -2.14. The van der Waals surface area contributed by atoms with E-state index in [4.69, 9.17) is 5.73 Å². The van der Waals surface area contributed by atoms with Crippen LogP contribution in [0.25, 0.3) is 0 Å². The van der Waals surface area contributed by atoms with E-state index >= 15 is 0 Å². The molecule has 0 radical (unpaired) electrons. The molecule has 1 aromatic rings. The van der Waals surface area contributed by atoms with Crippen molar-refractivity contribution in [2.75, 3.05) is 13.1 Å². The largest absolute Gasteiger partial charge is 0.366 e. The van der Waals surface area contributed by atoms with Gasteiger partial charge in [-0.25, -0.2) is 0 Å². The van der Waals surface area contributed by atoms with Gasteiger partial charge in [0.05, 0.1) is 0 Å². The van der Waals surface area contributed by atoms with Crippen molar-refractivity contribution in [1.29, 1.82) is 0 Å². The van der Waals surface area contributed by atoms with E-state index in [1.807, 2.05) is 12.1 Å². The lowest BCUT2D eigenvalue weighted by atomic mass is 10.1. The van der Waals surface area contributed by atoms with Crippen molar-refractivity contribution in [3.8, 4) is 0 Å². The summed E-state index contributed by atoms with van der Waals surface area (Å²) in [7, 11) is 0. The molecular weight excluding hydrogens is 220 g/mol. The monoisotopic (exact) mass is 236 g/mol. The fourth-order valence-corrected chi connectivity index (χ4v) is 2.33. The molecule has 4 heteroatoms. The molecule has 0 spiro atoms. The van der Waals surface area contributed by atoms with Crippen molar-refractivity contribution in [3.05, 3.63) is 35.4 Å². The fraction of sp³-hybridized carbons (Fsp3) is 0.417. The molecule has 3 nitrogen and oxygen atoms in total. The van der Waals surface area contributed by atoms with E-state index in [0.29, 0.717) is 10.8 Å². The number of carbonyl (C=O) groups is 1. The van der Waals surface area contributed by atoms with Crippen molar-refractivity contribution < 1.29 is 4.79 Å². The van der Waals surface area contributed by atoms with Gasteiger partial charge in [0.25, 0.3) is 0 Å². The zero-order chi connectivity index (χ0) is 11.5. The van der Waals surface area contributed by atoms with Crippen LogP contribution in [0.4, 0.5) is 0 Å². The molecule has 2 N–H and O–H groups in total. The van der Waals surface area contributed by atoms with E-state index in [0.717, 1.165) is 26.1 Å². The third-order valence-corrected chi connectivity index (χ3v) is 3.31. The Labute approximate surface area is 101 Å². The van der Waals surface area contributed by atoms with Crippen LogP contribution in [0.15, 0.2) is 24.3 Å². The van der Waals surface area contributed by atoms with Crippen LogP contribution in [0.2, 0.25) is 0 Å². The van der Waals surface area contributed by atoms with Gasteiger partial charge >= 0.3 is 0 Å². The van der Waals surface area contributed by atoms with E-state index in [1.54, 1.807) is 12.1 Å². The summed E-state index contributed by atoms with van der Waals surface area (Å²) in [5.41, 5.74) is 6.97. The van der Waals surface area contributed by atoms with Gasteiger partial charge in [0, 0.05) is 23.9 Å². The quantitative estimate of drug-likeness (QED) is 0.777. The Morgan fingerprint density at radius 2 is 2.12 bits per heavy atom. The van der Waals surface area contributed by atoms with Crippen LogP contribution < -0.4 is 5.73 Å². The van der Waals surface area contributed by atoms with Crippen molar-refractivity contribution in [2.24, 2.45) is 5.73 Å². The molecule has 1 unspecified atom stereocenters. The molecule has 1 amide bonds. The summed E-state index contributed by atoms with van der Waals surface area (Å²) in [6.07, 6.45) is 1.16. The van der Waals surface area contributed by atoms with Gasteiger partial charge in [-0.05, 0) is 30.7 Å². The van der Waals surface area contributed by atoms with Crippen molar-refractivity contribution in [3.63, 3.8) is 0 Å². The number of hydrogen-bond acceptors (Lipinski definition) is 3. The third kappa shape index (κ3) is 2.77. The number of nitrogens with zero attached hydrogens (tertiary/aromatic N) is 1. The summed E-state index contributed by atoms with van der Waals surface area (Å²) in [6.45, 7) is 3.07. The van der Waals surface area contributed by atoms with Gasteiger partial charge in [-0.15, -0.1) is 0 Å². The Hall–Kier alpha value is -1.00. The minimum Gasteiger partial charge on any atom is -0.366 e. The first-order valence-corrected chi connectivity index (χ1v) is 5.96. The lowest BCUT2D eigenvalue weighted by Crippen LogP contribution is -2.20. The zero-order valence-corrected chi connectivity index (χ0v) is 9.99.